The summed E-state index contributed by atoms with van der Waals surface area (Å²) in [6.45, 7) is 5.34. The summed E-state index contributed by atoms with van der Waals surface area (Å²) in [5.41, 5.74) is 1.93. The van der Waals surface area contributed by atoms with Crippen LogP contribution < -0.4 is 9.47 Å². The second kappa shape index (κ2) is 5.85. The van der Waals surface area contributed by atoms with Crippen LogP contribution in [0.1, 0.15) is 36.0 Å². The molecule has 1 rings (SSSR count). The lowest BCUT2D eigenvalue weighted by molar-refractivity contribution is -0.108. The van der Waals surface area contributed by atoms with E-state index in [2.05, 4.69) is 0 Å². The van der Waals surface area contributed by atoms with E-state index < -0.39 is 5.82 Å². The van der Waals surface area contributed by atoms with E-state index in [0.717, 1.165) is 11.8 Å². The van der Waals surface area contributed by atoms with Gasteiger partial charge in [0.15, 0.2) is 11.6 Å². The second-order valence-corrected chi connectivity index (χ2v) is 4.35. The molecule has 18 heavy (non-hydrogen) atoms. The number of methoxy groups -OCH3 is 2. The van der Waals surface area contributed by atoms with Crippen molar-refractivity contribution >= 4 is 6.29 Å². The van der Waals surface area contributed by atoms with Crippen molar-refractivity contribution in [2.24, 2.45) is 0 Å². The van der Waals surface area contributed by atoms with E-state index in [1.54, 1.807) is 13.8 Å². The van der Waals surface area contributed by atoms with Gasteiger partial charge in [0.1, 0.15) is 12.0 Å². The summed E-state index contributed by atoms with van der Waals surface area (Å²) in [6.07, 6.45) is 1.22. The van der Waals surface area contributed by atoms with Crippen molar-refractivity contribution in [3.8, 4) is 11.5 Å². The predicted octanol–water partition coefficient (Wildman–Crippen LogP) is 3.15. The highest BCUT2D eigenvalue weighted by molar-refractivity contribution is 5.58. The quantitative estimate of drug-likeness (QED) is 0.757. The van der Waals surface area contributed by atoms with Gasteiger partial charge in [0.2, 0.25) is 0 Å². The van der Waals surface area contributed by atoms with Crippen LogP contribution in [0.15, 0.2) is 0 Å². The number of ether oxygens (including phenoxy) is 2. The minimum Gasteiger partial charge on any atom is -0.496 e. The van der Waals surface area contributed by atoms with Crippen LogP contribution in [0.3, 0.4) is 0 Å². The fraction of sp³-hybridized carbons (Fsp3) is 0.500. The van der Waals surface area contributed by atoms with E-state index in [-0.39, 0.29) is 11.7 Å². The standard InChI is InChI=1S/C14H19FO3/c1-8(6-7-16)11-9(2)14(18-5)12(15)10(3)13(11)17-4/h7-8H,6H2,1-5H3. The Hall–Kier alpha value is -1.58. The van der Waals surface area contributed by atoms with Crippen molar-refractivity contribution in [1.82, 2.24) is 0 Å². The predicted molar refractivity (Wildman–Crippen MR) is 68.1 cm³/mol. The highest BCUT2D eigenvalue weighted by Crippen LogP contribution is 2.41. The average Bonchev–Trinajstić information content (AvgIpc) is 2.34. The van der Waals surface area contributed by atoms with E-state index in [1.807, 2.05) is 6.92 Å². The first-order valence-electron chi connectivity index (χ1n) is 5.83. The fourth-order valence-electron chi connectivity index (χ4n) is 2.29. The maximum absolute atomic E-state index is 14.1. The van der Waals surface area contributed by atoms with Gasteiger partial charge in [-0.05, 0) is 19.8 Å². The maximum atomic E-state index is 14.1. The summed E-state index contributed by atoms with van der Waals surface area (Å²) in [7, 11) is 2.94. The maximum Gasteiger partial charge on any atom is 0.171 e. The molecule has 0 heterocycles. The van der Waals surface area contributed by atoms with Crippen molar-refractivity contribution in [3.63, 3.8) is 0 Å². The molecule has 0 aliphatic rings. The number of benzene rings is 1. The van der Waals surface area contributed by atoms with Crippen LogP contribution in [0.25, 0.3) is 0 Å². The minimum atomic E-state index is -0.408. The molecule has 0 saturated heterocycles. The van der Waals surface area contributed by atoms with Crippen molar-refractivity contribution in [3.05, 3.63) is 22.5 Å². The zero-order chi connectivity index (χ0) is 13.9. The third-order valence-corrected chi connectivity index (χ3v) is 3.21. The summed E-state index contributed by atoms with van der Waals surface area (Å²) in [5.74, 6) is 0.278. The Morgan fingerprint density at radius 2 is 1.72 bits per heavy atom. The second-order valence-electron chi connectivity index (χ2n) is 4.35. The van der Waals surface area contributed by atoms with Crippen LogP contribution in [0.2, 0.25) is 0 Å². The van der Waals surface area contributed by atoms with Crippen molar-refractivity contribution in [2.45, 2.75) is 33.1 Å². The van der Waals surface area contributed by atoms with E-state index >= 15 is 0 Å². The summed E-state index contributed by atoms with van der Waals surface area (Å²) in [5, 5.41) is 0. The van der Waals surface area contributed by atoms with Crippen molar-refractivity contribution in [2.75, 3.05) is 14.2 Å². The topological polar surface area (TPSA) is 35.5 Å². The zero-order valence-electron chi connectivity index (χ0n) is 11.5. The van der Waals surface area contributed by atoms with E-state index in [9.17, 15) is 9.18 Å². The molecule has 3 nitrogen and oxygen atoms in total. The van der Waals surface area contributed by atoms with Crippen LogP contribution in [0.5, 0.6) is 11.5 Å². The van der Waals surface area contributed by atoms with E-state index in [1.165, 1.54) is 14.2 Å². The largest absolute Gasteiger partial charge is 0.496 e. The summed E-state index contributed by atoms with van der Waals surface area (Å²) >= 11 is 0. The molecule has 0 bridgehead atoms. The average molecular weight is 254 g/mol. The third-order valence-electron chi connectivity index (χ3n) is 3.21. The first kappa shape index (κ1) is 14.5. The number of carbonyl (C=O) groups excluding carboxylic acids is 1. The Balaban J connectivity index is 3.56. The number of carbonyl (C=O) groups is 1. The van der Waals surface area contributed by atoms with Crippen molar-refractivity contribution < 1.29 is 18.7 Å². The van der Waals surface area contributed by atoms with E-state index in [0.29, 0.717) is 23.3 Å². The normalized spacial score (nSPS) is 12.1. The van der Waals surface area contributed by atoms with Crippen LogP contribution in [0, 0.1) is 19.7 Å². The minimum absolute atomic E-state index is 0.0364. The molecule has 1 unspecified atom stereocenters. The Morgan fingerprint density at radius 1 is 1.17 bits per heavy atom. The lowest BCUT2D eigenvalue weighted by atomic mass is 9.90. The Kier molecular flexibility index (Phi) is 4.70. The van der Waals surface area contributed by atoms with Gasteiger partial charge in [-0.15, -0.1) is 0 Å². The van der Waals surface area contributed by atoms with Crippen LogP contribution in [-0.4, -0.2) is 20.5 Å². The number of aldehydes is 1. The monoisotopic (exact) mass is 254 g/mol. The summed E-state index contributed by atoms with van der Waals surface area (Å²) < 4.78 is 24.5. The molecule has 4 heteroatoms. The molecule has 0 N–H and O–H groups in total. The van der Waals surface area contributed by atoms with Crippen LogP contribution in [0.4, 0.5) is 4.39 Å². The molecule has 0 aromatic heterocycles. The molecule has 0 spiro atoms. The zero-order valence-corrected chi connectivity index (χ0v) is 11.5. The SMILES string of the molecule is COc1c(C)c(C(C)CC=O)c(OC)c(C)c1F. The van der Waals surface area contributed by atoms with Gasteiger partial charge < -0.3 is 14.3 Å². The molecular weight excluding hydrogens is 235 g/mol. The lowest BCUT2D eigenvalue weighted by Gasteiger charge is -2.21. The van der Waals surface area contributed by atoms with Gasteiger partial charge in [-0.1, -0.05) is 6.92 Å². The van der Waals surface area contributed by atoms with Gasteiger partial charge in [0.25, 0.3) is 0 Å². The lowest BCUT2D eigenvalue weighted by Crippen LogP contribution is -2.07. The van der Waals surface area contributed by atoms with Crippen molar-refractivity contribution in [1.29, 1.82) is 0 Å². The Morgan fingerprint density at radius 3 is 2.17 bits per heavy atom. The highest BCUT2D eigenvalue weighted by Gasteiger charge is 2.24. The molecule has 0 aliphatic heterocycles. The molecule has 0 saturated carbocycles. The van der Waals surface area contributed by atoms with E-state index in [4.69, 9.17) is 9.47 Å². The first-order chi connectivity index (χ1) is 8.49. The summed E-state index contributed by atoms with van der Waals surface area (Å²) in [4.78, 5) is 10.7. The molecule has 0 aliphatic carbocycles. The molecule has 0 fully saturated rings. The molecule has 1 aromatic carbocycles. The molecule has 1 aromatic rings. The molecule has 0 amide bonds. The van der Waals surface area contributed by atoms with Gasteiger partial charge in [0.05, 0.1) is 14.2 Å². The van der Waals surface area contributed by atoms with Gasteiger partial charge in [-0.2, -0.15) is 0 Å². The Labute approximate surface area is 107 Å². The highest BCUT2D eigenvalue weighted by atomic mass is 19.1. The molecule has 1 atom stereocenters. The molecule has 0 radical (unpaired) electrons. The first-order valence-corrected chi connectivity index (χ1v) is 5.83. The Bertz CT molecular complexity index is 455. The molecule has 100 valence electrons. The number of hydrogen-bond acceptors (Lipinski definition) is 3. The number of rotatable bonds is 5. The van der Waals surface area contributed by atoms with Crippen LogP contribution in [-0.2, 0) is 4.79 Å². The third kappa shape index (κ3) is 2.33. The van der Waals surface area contributed by atoms with Gasteiger partial charge in [0, 0.05) is 23.1 Å². The molecular formula is C14H19FO3. The van der Waals surface area contributed by atoms with Gasteiger partial charge in [-0.3, -0.25) is 0 Å². The number of hydrogen-bond donors (Lipinski definition) is 0. The summed E-state index contributed by atoms with van der Waals surface area (Å²) in [6, 6.07) is 0. The fourth-order valence-corrected chi connectivity index (χ4v) is 2.29. The van der Waals surface area contributed by atoms with Gasteiger partial charge in [-0.25, -0.2) is 4.39 Å². The van der Waals surface area contributed by atoms with Crippen LogP contribution >= 0.6 is 0 Å². The number of halogens is 1. The smallest absolute Gasteiger partial charge is 0.171 e. The van der Waals surface area contributed by atoms with Gasteiger partial charge >= 0.3 is 0 Å².